The third-order valence-electron chi connectivity index (χ3n) is 2.33. The molecule has 0 aliphatic heterocycles. The zero-order chi connectivity index (χ0) is 14.6. The van der Waals surface area contributed by atoms with Gasteiger partial charge in [-0.1, -0.05) is 0 Å². The Morgan fingerprint density at radius 3 is 2.63 bits per heavy atom. The number of nitro groups is 1. The Morgan fingerprint density at radius 2 is 2.11 bits per heavy atom. The molecule has 0 heterocycles. The van der Waals surface area contributed by atoms with Crippen LogP contribution in [-0.2, 0) is 9.53 Å². The first-order chi connectivity index (χ1) is 8.86. The van der Waals surface area contributed by atoms with Crippen molar-refractivity contribution in [2.45, 2.75) is 0 Å². The number of rotatable bonds is 4. The van der Waals surface area contributed by atoms with E-state index in [1.54, 1.807) is 0 Å². The van der Waals surface area contributed by atoms with Gasteiger partial charge in [0, 0.05) is 7.05 Å². The number of methoxy groups -OCH3 is 1. The van der Waals surface area contributed by atoms with Crippen LogP contribution in [0.1, 0.15) is 10.4 Å². The molecule has 102 valence electrons. The van der Waals surface area contributed by atoms with E-state index in [1.165, 1.54) is 7.05 Å². The van der Waals surface area contributed by atoms with Gasteiger partial charge >= 0.3 is 5.97 Å². The predicted molar refractivity (Wildman–Crippen MR) is 62.0 cm³/mol. The first-order valence-electron chi connectivity index (χ1n) is 5.13. The second-order valence-corrected chi connectivity index (χ2v) is 3.66. The number of carbonyl (C=O) groups excluding carboxylic acids is 2. The summed E-state index contributed by atoms with van der Waals surface area (Å²) in [5, 5.41) is 10.8. The molecule has 0 aliphatic carbocycles. The third-order valence-corrected chi connectivity index (χ3v) is 2.33. The van der Waals surface area contributed by atoms with E-state index in [0.29, 0.717) is 6.07 Å². The van der Waals surface area contributed by atoms with Gasteiger partial charge in [0.05, 0.1) is 18.1 Å². The largest absolute Gasteiger partial charge is 0.468 e. The van der Waals surface area contributed by atoms with Gasteiger partial charge in [0.1, 0.15) is 17.9 Å². The summed E-state index contributed by atoms with van der Waals surface area (Å²) in [5.74, 6) is -2.25. The lowest BCUT2D eigenvalue weighted by atomic mass is 10.1. The Bertz CT molecular complexity index is 532. The van der Waals surface area contributed by atoms with E-state index in [4.69, 9.17) is 0 Å². The number of likely N-dealkylation sites (N-methyl/N-ethyl adjacent to an activating group) is 1. The number of nitro benzene ring substituents is 1. The molecule has 0 fully saturated rings. The van der Waals surface area contributed by atoms with Gasteiger partial charge in [-0.25, -0.2) is 4.39 Å². The highest BCUT2D eigenvalue weighted by molar-refractivity contribution is 5.99. The van der Waals surface area contributed by atoms with Crippen molar-refractivity contribution in [1.82, 2.24) is 4.90 Å². The number of hydrogen-bond acceptors (Lipinski definition) is 5. The van der Waals surface area contributed by atoms with Gasteiger partial charge < -0.3 is 9.64 Å². The Balaban J connectivity index is 3.05. The molecule has 1 amide bonds. The fourth-order valence-corrected chi connectivity index (χ4v) is 1.37. The van der Waals surface area contributed by atoms with Gasteiger partial charge in [0.15, 0.2) is 0 Å². The minimum absolute atomic E-state index is 0.294. The molecule has 0 spiro atoms. The molecule has 0 unspecified atom stereocenters. The van der Waals surface area contributed by atoms with Crippen molar-refractivity contribution in [2.75, 3.05) is 20.7 Å². The van der Waals surface area contributed by atoms with Crippen LogP contribution in [-0.4, -0.2) is 42.4 Å². The first kappa shape index (κ1) is 14.6. The molecule has 0 radical (unpaired) electrons. The molecule has 0 aromatic heterocycles. The summed E-state index contributed by atoms with van der Waals surface area (Å²) in [6.07, 6.45) is 0. The van der Waals surface area contributed by atoms with E-state index in [-0.39, 0.29) is 12.1 Å². The molecule has 0 aliphatic rings. The molecule has 0 bridgehead atoms. The minimum Gasteiger partial charge on any atom is -0.468 e. The average Bonchev–Trinajstić information content (AvgIpc) is 2.37. The number of carbonyl (C=O) groups is 2. The molecule has 0 saturated carbocycles. The lowest BCUT2D eigenvalue weighted by Gasteiger charge is -2.15. The number of amides is 1. The Labute approximate surface area is 107 Å². The summed E-state index contributed by atoms with van der Waals surface area (Å²) in [5.41, 5.74) is -0.945. The molecule has 0 atom stereocenters. The van der Waals surface area contributed by atoms with E-state index in [0.717, 1.165) is 24.1 Å². The lowest BCUT2D eigenvalue weighted by molar-refractivity contribution is -0.385. The van der Waals surface area contributed by atoms with Crippen molar-refractivity contribution in [2.24, 2.45) is 0 Å². The summed E-state index contributed by atoms with van der Waals surface area (Å²) in [6.45, 7) is -0.357. The van der Waals surface area contributed by atoms with Crippen LogP contribution in [0.4, 0.5) is 10.1 Å². The smallest absolute Gasteiger partial charge is 0.325 e. The van der Waals surface area contributed by atoms with Crippen molar-refractivity contribution in [3.8, 4) is 0 Å². The standard InChI is InChI=1S/C11H11FN2O5/c1-13(6-10(15)19-2)11(16)8-4-3-7(12)5-9(8)14(17)18/h3-5H,6H2,1-2H3. The van der Waals surface area contributed by atoms with Crippen LogP contribution in [0.5, 0.6) is 0 Å². The monoisotopic (exact) mass is 270 g/mol. The van der Waals surface area contributed by atoms with Gasteiger partial charge in [0.25, 0.3) is 11.6 Å². The summed E-state index contributed by atoms with van der Waals surface area (Å²) in [6, 6.07) is 2.59. The van der Waals surface area contributed by atoms with Gasteiger partial charge in [-0.15, -0.1) is 0 Å². The highest BCUT2D eigenvalue weighted by Crippen LogP contribution is 2.21. The molecule has 0 N–H and O–H groups in total. The summed E-state index contributed by atoms with van der Waals surface area (Å²) in [7, 11) is 2.44. The van der Waals surface area contributed by atoms with Crippen LogP contribution >= 0.6 is 0 Å². The van der Waals surface area contributed by atoms with E-state index < -0.39 is 28.3 Å². The van der Waals surface area contributed by atoms with Crippen molar-refractivity contribution in [3.63, 3.8) is 0 Å². The van der Waals surface area contributed by atoms with Gasteiger partial charge in [-0.3, -0.25) is 19.7 Å². The van der Waals surface area contributed by atoms with Crippen molar-refractivity contribution in [3.05, 3.63) is 39.7 Å². The highest BCUT2D eigenvalue weighted by Gasteiger charge is 2.24. The van der Waals surface area contributed by atoms with Crippen LogP contribution in [0.25, 0.3) is 0 Å². The number of nitrogens with zero attached hydrogens (tertiary/aromatic N) is 2. The fourth-order valence-electron chi connectivity index (χ4n) is 1.37. The van der Waals surface area contributed by atoms with E-state index >= 15 is 0 Å². The van der Waals surface area contributed by atoms with Gasteiger partial charge in [0.2, 0.25) is 0 Å². The Hall–Kier alpha value is -2.51. The third kappa shape index (κ3) is 3.47. The molecule has 0 saturated heterocycles. The van der Waals surface area contributed by atoms with Crippen molar-refractivity contribution < 1.29 is 23.6 Å². The number of hydrogen-bond donors (Lipinski definition) is 0. The summed E-state index contributed by atoms with van der Waals surface area (Å²) >= 11 is 0. The highest BCUT2D eigenvalue weighted by atomic mass is 19.1. The number of esters is 1. The van der Waals surface area contributed by atoms with Crippen LogP contribution in [0.15, 0.2) is 18.2 Å². The zero-order valence-corrected chi connectivity index (χ0v) is 10.3. The maximum atomic E-state index is 12.9. The lowest BCUT2D eigenvalue weighted by Crippen LogP contribution is -2.33. The maximum Gasteiger partial charge on any atom is 0.325 e. The maximum absolute atomic E-state index is 12.9. The second kappa shape index (κ2) is 5.89. The van der Waals surface area contributed by atoms with E-state index in [9.17, 15) is 24.1 Å². The summed E-state index contributed by atoms with van der Waals surface area (Å²) in [4.78, 5) is 33.8. The van der Waals surface area contributed by atoms with Crippen molar-refractivity contribution >= 4 is 17.6 Å². The summed E-state index contributed by atoms with van der Waals surface area (Å²) < 4.78 is 17.3. The average molecular weight is 270 g/mol. The zero-order valence-electron chi connectivity index (χ0n) is 10.3. The molecule has 8 heteroatoms. The molecular formula is C11H11FN2O5. The second-order valence-electron chi connectivity index (χ2n) is 3.66. The number of ether oxygens (including phenoxy) is 1. The number of benzene rings is 1. The van der Waals surface area contributed by atoms with E-state index in [1.807, 2.05) is 0 Å². The van der Waals surface area contributed by atoms with Gasteiger partial charge in [-0.2, -0.15) is 0 Å². The topological polar surface area (TPSA) is 89.8 Å². The van der Waals surface area contributed by atoms with Crippen LogP contribution < -0.4 is 0 Å². The predicted octanol–water partition coefficient (Wildman–Crippen LogP) is 0.979. The normalized spacial score (nSPS) is 9.84. The first-order valence-corrected chi connectivity index (χ1v) is 5.13. The Kier molecular flexibility index (Phi) is 4.51. The fraction of sp³-hybridized carbons (Fsp3) is 0.273. The van der Waals surface area contributed by atoms with Crippen LogP contribution in [0.3, 0.4) is 0 Å². The van der Waals surface area contributed by atoms with Crippen molar-refractivity contribution in [1.29, 1.82) is 0 Å². The SMILES string of the molecule is COC(=O)CN(C)C(=O)c1ccc(F)cc1[N+](=O)[O-]. The minimum atomic E-state index is -0.859. The number of halogens is 1. The van der Waals surface area contributed by atoms with E-state index in [2.05, 4.69) is 4.74 Å². The molecule has 1 aromatic rings. The molecule has 7 nitrogen and oxygen atoms in total. The van der Waals surface area contributed by atoms with Crippen LogP contribution in [0, 0.1) is 15.9 Å². The molecule has 19 heavy (non-hydrogen) atoms. The van der Waals surface area contributed by atoms with Gasteiger partial charge in [-0.05, 0) is 12.1 Å². The molecular weight excluding hydrogens is 259 g/mol. The quantitative estimate of drug-likeness (QED) is 0.462. The molecule has 1 aromatic carbocycles. The van der Waals surface area contributed by atoms with Crippen LogP contribution in [0.2, 0.25) is 0 Å². The Morgan fingerprint density at radius 1 is 1.47 bits per heavy atom. The molecule has 1 rings (SSSR count).